The minimum atomic E-state index is 0.0549. The summed E-state index contributed by atoms with van der Waals surface area (Å²) in [6.07, 6.45) is 3.83. The van der Waals surface area contributed by atoms with Gasteiger partial charge in [-0.2, -0.15) is 10.5 Å². The van der Waals surface area contributed by atoms with Crippen molar-refractivity contribution in [3.8, 4) is 12.1 Å². The van der Waals surface area contributed by atoms with Crippen LogP contribution in [-0.2, 0) is 4.79 Å². The molecule has 1 fully saturated rings. The molecule has 1 aliphatic rings. The number of anilines is 1. The molecule has 1 aromatic rings. The molecule has 0 aromatic carbocycles. The summed E-state index contributed by atoms with van der Waals surface area (Å²) in [7, 11) is 0. The van der Waals surface area contributed by atoms with Crippen LogP contribution in [0.15, 0.2) is 18.3 Å². The quantitative estimate of drug-likeness (QED) is 0.724. The largest absolute Gasteiger partial charge is 0.369 e. The SMILES string of the molecule is N#CCC1CCCN1C(=O)CNCCNc1ccc(C#N)cn1. The third kappa shape index (κ3) is 4.94. The minimum absolute atomic E-state index is 0.0549. The fraction of sp³-hybridized carbons (Fsp3) is 0.500. The number of aromatic nitrogens is 1. The standard InChI is InChI=1S/C16H20N6O/c17-6-5-14-2-1-9-22(14)16(23)12-19-7-8-20-15-4-3-13(10-18)11-21-15/h3-4,11,14,19H,1-2,5,7-9,12H2,(H,20,21). The zero-order valence-corrected chi connectivity index (χ0v) is 13.0. The fourth-order valence-electron chi connectivity index (χ4n) is 2.62. The second-order valence-corrected chi connectivity index (χ2v) is 5.39. The van der Waals surface area contributed by atoms with E-state index in [9.17, 15) is 4.79 Å². The van der Waals surface area contributed by atoms with E-state index in [2.05, 4.69) is 21.7 Å². The normalized spacial score (nSPS) is 16.6. The number of rotatable bonds is 7. The van der Waals surface area contributed by atoms with Gasteiger partial charge in [-0.1, -0.05) is 0 Å². The van der Waals surface area contributed by atoms with Crippen LogP contribution in [0.5, 0.6) is 0 Å². The molecular formula is C16H20N6O. The fourth-order valence-corrected chi connectivity index (χ4v) is 2.62. The van der Waals surface area contributed by atoms with E-state index >= 15 is 0 Å². The van der Waals surface area contributed by atoms with Crippen molar-refractivity contribution < 1.29 is 4.79 Å². The van der Waals surface area contributed by atoms with Crippen molar-refractivity contribution in [1.82, 2.24) is 15.2 Å². The smallest absolute Gasteiger partial charge is 0.236 e. The first-order chi connectivity index (χ1) is 11.2. The summed E-state index contributed by atoms with van der Waals surface area (Å²) in [5.41, 5.74) is 0.525. The molecule has 2 N–H and O–H groups in total. The first-order valence-electron chi connectivity index (χ1n) is 7.71. The van der Waals surface area contributed by atoms with E-state index in [0.29, 0.717) is 30.9 Å². The molecule has 0 saturated carbocycles. The maximum absolute atomic E-state index is 12.1. The first-order valence-corrected chi connectivity index (χ1v) is 7.71. The van der Waals surface area contributed by atoms with Gasteiger partial charge in [0.1, 0.15) is 11.9 Å². The Kier molecular flexibility index (Phi) is 6.34. The molecule has 2 rings (SSSR count). The van der Waals surface area contributed by atoms with Crippen molar-refractivity contribution in [3.05, 3.63) is 23.9 Å². The van der Waals surface area contributed by atoms with E-state index < -0.39 is 0 Å². The molecule has 1 unspecified atom stereocenters. The molecule has 23 heavy (non-hydrogen) atoms. The van der Waals surface area contributed by atoms with Gasteiger partial charge in [0.2, 0.25) is 5.91 Å². The monoisotopic (exact) mass is 312 g/mol. The Labute approximate surface area is 135 Å². The van der Waals surface area contributed by atoms with E-state index in [-0.39, 0.29) is 18.5 Å². The van der Waals surface area contributed by atoms with Crippen LogP contribution in [0.4, 0.5) is 5.82 Å². The summed E-state index contributed by atoms with van der Waals surface area (Å²) in [6, 6.07) is 7.70. The Balaban J connectivity index is 1.64. The van der Waals surface area contributed by atoms with Crippen LogP contribution < -0.4 is 10.6 Å². The predicted octanol–water partition coefficient (Wildman–Crippen LogP) is 0.859. The summed E-state index contributed by atoms with van der Waals surface area (Å²) < 4.78 is 0. The van der Waals surface area contributed by atoms with Crippen molar-refractivity contribution in [2.45, 2.75) is 25.3 Å². The number of nitrogens with zero attached hydrogens (tertiary/aromatic N) is 4. The van der Waals surface area contributed by atoms with Gasteiger partial charge < -0.3 is 15.5 Å². The summed E-state index contributed by atoms with van der Waals surface area (Å²) >= 11 is 0. The van der Waals surface area contributed by atoms with Gasteiger partial charge in [-0.25, -0.2) is 4.98 Å². The third-order valence-electron chi connectivity index (χ3n) is 3.80. The molecule has 0 bridgehead atoms. The lowest BCUT2D eigenvalue weighted by Crippen LogP contribution is -2.41. The molecule has 7 heteroatoms. The number of pyridine rings is 1. The number of hydrogen-bond donors (Lipinski definition) is 2. The molecule has 0 radical (unpaired) electrons. The molecule has 7 nitrogen and oxygen atoms in total. The van der Waals surface area contributed by atoms with Crippen LogP contribution in [0.2, 0.25) is 0 Å². The van der Waals surface area contributed by atoms with Crippen molar-refractivity contribution in [2.24, 2.45) is 0 Å². The zero-order chi connectivity index (χ0) is 16.5. The summed E-state index contributed by atoms with van der Waals surface area (Å²) in [6.45, 7) is 2.29. The maximum Gasteiger partial charge on any atom is 0.236 e. The highest BCUT2D eigenvalue weighted by atomic mass is 16.2. The molecular weight excluding hydrogens is 292 g/mol. The average Bonchev–Trinajstić information content (AvgIpc) is 3.04. The molecule has 1 aliphatic heterocycles. The van der Waals surface area contributed by atoms with Crippen LogP contribution >= 0.6 is 0 Å². The van der Waals surface area contributed by atoms with E-state index in [1.54, 1.807) is 12.1 Å². The summed E-state index contributed by atoms with van der Waals surface area (Å²) in [5.74, 6) is 0.755. The molecule has 1 atom stereocenters. The second kappa shape index (κ2) is 8.72. The van der Waals surface area contributed by atoms with Crippen LogP contribution in [-0.4, -0.2) is 48.0 Å². The summed E-state index contributed by atoms with van der Waals surface area (Å²) in [5, 5.41) is 23.7. The van der Waals surface area contributed by atoms with E-state index in [4.69, 9.17) is 10.5 Å². The molecule has 0 spiro atoms. The van der Waals surface area contributed by atoms with Gasteiger partial charge in [0.15, 0.2) is 0 Å². The van der Waals surface area contributed by atoms with Gasteiger partial charge in [0, 0.05) is 31.9 Å². The predicted molar refractivity (Wildman–Crippen MR) is 85.3 cm³/mol. The van der Waals surface area contributed by atoms with Crippen molar-refractivity contribution in [3.63, 3.8) is 0 Å². The Bertz CT molecular complexity index is 600. The number of carbonyl (C=O) groups is 1. The third-order valence-corrected chi connectivity index (χ3v) is 3.80. The molecule has 120 valence electrons. The van der Waals surface area contributed by atoms with Crippen molar-refractivity contribution in [2.75, 3.05) is 31.5 Å². The Morgan fingerprint density at radius 2 is 2.26 bits per heavy atom. The van der Waals surface area contributed by atoms with Crippen LogP contribution in [0.25, 0.3) is 0 Å². The van der Waals surface area contributed by atoms with Gasteiger partial charge in [-0.3, -0.25) is 4.79 Å². The summed E-state index contributed by atoms with van der Waals surface area (Å²) in [4.78, 5) is 18.0. The number of amides is 1. The number of nitriles is 2. The first kappa shape index (κ1) is 16.7. The molecule has 0 aliphatic carbocycles. The number of nitrogens with one attached hydrogen (secondary N) is 2. The van der Waals surface area contributed by atoms with Gasteiger partial charge in [0.25, 0.3) is 0 Å². The average molecular weight is 312 g/mol. The van der Waals surface area contributed by atoms with Crippen LogP contribution in [0.1, 0.15) is 24.8 Å². The van der Waals surface area contributed by atoms with Gasteiger partial charge >= 0.3 is 0 Å². The van der Waals surface area contributed by atoms with E-state index in [1.165, 1.54) is 6.20 Å². The molecule has 1 aromatic heterocycles. The molecule has 1 saturated heterocycles. The van der Waals surface area contributed by atoms with Crippen LogP contribution in [0.3, 0.4) is 0 Å². The number of hydrogen-bond acceptors (Lipinski definition) is 6. The number of likely N-dealkylation sites (tertiary alicyclic amines) is 1. The zero-order valence-electron chi connectivity index (χ0n) is 13.0. The van der Waals surface area contributed by atoms with Crippen molar-refractivity contribution >= 4 is 11.7 Å². The topological polar surface area (TPSA) is 105 Å². The van der Waals surface area contributed by atoms with E-state index in [0.717, 1.165) is 19.4 Å². The van der Waals surface area contributed by atoms with Gasteiger partial charge in [0.05, 0.1) is 24.6 Å². The Morgan fingerprint density at radius 3 is 2.96 bits per heavy atom. The lowest BCUT2D eigenvalue weighted by molar-refractivity contribution is -0.130. The number of carbonyl (C=O) groups excluding carboxylic acids is 1. The minimum Gasteiger partial charge on any atom is -0.369 e. The highest BCUT2D eigenvalue weighted by Gasteiger charge is 2.27. The second-order valence-electron chi connectivity index (χ2n) is 5.39. The van der Waals surface area contributed by atoms with E-state index in [1.807, 2.05) is 11.0 Å². The lowest BCUT2D eigenvalue weighted by Gasteiger charge is -2.23. The molecule has 1 amide bonds. The van der Waals surface area contributed by atoms with Crippen LogP contribution in [0, 0.1) is 22.7 Å². The lowest BCUT2D eigenvalue weighted by atomic mass is 10.1. The van der Waals surface area contributed by atoms with Crippen molar-refractivity contribution in [1.29, 1.82) is 10.5 Å². The Morgan fingerprint density at radius 1 is 1.39 bits per heavy atom. The highest BCUT2D eigenvalue weighted by molar-refractivity contribution is 5.78. The van der Waals surface area contributed by atoms with Gasteiger partial charge in [-0.05, 0) is 25.0 Å². The highest BCUT2D eigenvalue weighted by Crippen LogP contribution is 2.19. The molecule has 2 heterocycles. The van der Waals surface area contributed by atoms with Gasteiger partial charge in [-0.15, -0.1) is 0 Å². The Hall–Kier alpha value is -2.64. The maximum atomic E-state index is 12.1.